The van der Waals surface area contributed by atoms with Crippen LogP contribution >= 0.6 is 0 Å². The SMILES string of the molecule is CN1CCC[C@H]1COc1nc(O)c2c(n1)CN(C(=O)OC(C)(C)C)CC2. The van der Waals surface area contributed by atoms with Crippen LogP contribution in [0.1, 0.15) is 44.9 Å². The lowest BCUT2D eigenvalue weighted by Crippen LogP contribution is -2.40. The zero-order valence-electron chi connectivity index (χ0n) is 16.0. The number of nitrogens with zero attached hydrogens (tertiary/aromatic N) is 4. The third-order valence-electron chi connectivity index (χ3n) is 4.75. The number of likely N-dealkylation sites (tertiary alicyclic amines) is 1. The maximum absolute atomic E-state index is 12.3. The van der Waals surface area contributed by atoms with Gasteiger partial charge in [0, 0.05) is 18.2 Å². The van der Waals surface area contributed by atoms with E-state index in [0.29, 0.717) is 36.9 Å². The first-order valence-corrected chi connectivity index (χ1v) is 9.12. The molecule has 0 spiro atoms. The monoisotopic (exact) mass is 364 g/mol. The summed E-state index contributed by atoms with van der Waals surface area (Å²) in [7, 11) is 2.07. The van der Waals surface area contributed by atoms with Gasteiger partial charge in [0.25, 0.3) is 0 Å². The Balaban J connectivity index is 1.68. The second-order valence-corrected chi connectivity index (χ2v) is 7.99. The van der Waals surface area contributed by atoms with Gasteiger partial charge in [0.2, 0.25) is 5.88 Å². The minimum Gasteiger partial charge on any atom is -0.493 e. The Bertz CT molecular complexity index is 674. The van der Waals surface area contributed by atoms with Crippen molar-refractivity contribution in [3.8, 4) is 11.9 Å². The number of ether oxygens (including phenoxy) is 2. The van der Waals surface area contributed by atoms with Crippen molar-refractivity contribution < 1.29 is 19.4 Å². The van der Waals surface area contributed by atoms with Crippen LogP contribution in [-0.2, 0) is 17.7 Å². The highest BCUT2D eigenvalue weighted by Gasteiger charge is 2.29. The van der Waals surface area contributed by atoms with E-state index in [4.69, 9.17) is 9.47 Å². The van der Waals surface area contributed by atoms with E-state index in [2.05, 4.69) is 21.9 Å². The highest BCUT2D eigenvalue weighted by molar-refractivity contribution is 5.68. The fourth-order valence-corrected chi connectivity index (χ4v) is 3.30. The molecule has 3 heterocycles. The molecule has 0 radical (unpaired) electrons. The first kappa shape index (κ1) is 18.7. The van der Waals surface area contributed by atoms with Gasteiger partial charge < -0.3 is 24.4 Å². The topological polar surface area (TPSA) is 88.0 Å². The van der Waals surface area contributed by atoms with Gasteiger partial charge in [-0.3, -0.25) is 0 Å². The predicted octanol–water partition coefficient (Wildman–Crippen LogP) is 1.95. The van der Waals surface area contributed by atoms with E-state index >= 15 is 0 Å². The first-order valence-electron chi connectivity index (χ1n) is 9.12. The molecule has 144 valence electrons. The number of carbonyl (C=O) groups excluding carboxylic acids is 1. The highest BCUT2D eigenvalue weighted by atomic mass is 16.6. The maximum Gasteiger partial charge on any atom is 0.410 e. The molecule has 1 atom stereocenters. The van der Waals surface area contributed by atoms with Gasteiger partial charge in [-0.2, -0.15) is 9.97 Å². The van der Waals surface area contributed by atoms with Crippen LogP contribution in [0.4, 0.5) is 4.79 Å². The Morgan fingerprint density at radius 2 is 2.08 bits per heavy atom. The number of hydrogen-bond acceptors (Lipinski definition) is 7. The number of fused-ring (bicyclic) bond motifs is 1. The van der Waals surface area contributed by atoms with Gasteiger partial charge >= 0.3 is 12.1 Å². The lowest BCUT2D eigenvalue weighted by molar-refractivity contribution is 0.0218. The fourth-order valence-electron chi connectivity index (χ4n) is 3.30. The van der Waals surface area contributed by atoms with E-state index in [9.17, 15) is 9.90 Å². The van der Waals surface area contributed by atoms with Gasteiger partial charge in [-0.1, -0.05) is 0 Å². The number of aromatic nitrogens is 2. The molecule has 2 aliphatic rings. The summed E-state index contributed by atoms with van der Waals surface area (Å²) in [6.07, 6.45) is 2.36. The zero-order chi connectivity index (χ0) is 18.9. The van der Waals surface area contributed by atoms with Gasteiger partial charge in [-0.05, 0) is 53.6 Å². The molecule has 26 heavy (non-hydrogen) atoms. The Hall–Kier alpha value is -2.09. The summed E-state index contributed by atoms with van der Waals surface area (Å²) >= 11 is 0. The van der Waals surface area contributed by atoms with Crippen LogP contribution in [-0.4, -0.2) is 69.4 Å². The van der Waals surface area contributed by atoms with Gasteiger partial charge in [0.1, 0.15) is 12.2 Å². The molecule has 0 saturated carbocycles. The number of aromatic hydroxyl groups is 1. The van der Waals surface area contributed by atoms with Crippen molar-refractivity contribution in [3.05, 3.63) is 11.3 Å². The molecule has 8 nitrogen and oxygen atoms in total. The third-order valence-corrected chi connectivity index (χ3v) is 4.75. The summed E-state index contributed by atoms with van der Waals surface area (Å²) < 4.78 is 11.1. The molecule has 1 aromatic heterocycles. The molecule has 0 bridgehead atoms. The van der Waals surface area contributed by atoms with Crippen LogP contribution in [0.25, 0.3) is 0 Å². The van der Waals surface area contributed by atoms with Crippen LogP contribution in [0.5, 0.6) is 11.9 Å². The van der Waals surface area contributed by atoms with E-state index in [-0.39, 0.29) is 24.5 Å². The highest BCUT2D eigenvalue weighted by Crippen LogP contribution is 2.27. The number of rotatable bonds is 3. The molecule has 8 heteroatoms. The molecule has 0 aromatic carbocycles. The van der Waals surface area contributed by atoms with Crippen molar-refractivity contribution in [2.24, 2.45) is 0 Å². The van der Waals surface area contributed by atoms with Crippen LogP contribution in [0, 0.1) is 0 Å². The van der Waals surface area contributed by atoms with Crippen LogP contribution < -0.4 is 4.74 Å². The smallest absolute Gasteiger partial charge is 0.410 e. The van der Waals surface area contributed by atoms with Gasteiger partial charge in [-0.25, -0.2) is 4.79 Å². The zero-order valence-corrected chi connectivity index (χ0v) is 16.0. The quantitative estimate of drug-likeness (QED) is 0.877. The van der Waals surface area contributed by atoms with Gasteiger partial charge in [0.05, 0.1) is 12.2 Å². The Labute approximate surface area is 154 Å². The van der Waals surface area contributed by atoms with E-state index in [1.165, 1.54) is 0 Å². The lowest BCUT2D eigenvalue weighted by Gasteiger charge is -2.30. The Morgan fingerprint density at radius 3 is 2.73 bits per heavy atom. The average molecular weight is 364 g/mol. The Morgan fingerprint density at radius 1 is 1.31 bits per heavy atom. The molecule has 0 aliphatic carbocycles. The molecule has 3 rings (SSSR count). The van der Waals surface area contributed by atoms with Crippen molar-refractivity contribution in [2.45, 2.75) is 58.2 Å². The molecule has 1 aromatic rings. The molecular formula is C18H28N4O4. The second-order valence-electron chi connectivity index (χ2n) is 7.99. The summed E-state index contributed by atoms with van der Waals surface area (Å²) in [5, 5.41) is 10.2. The van der Waals surface area contributed by atoms with E-state index < -0.39 is 5.60 Å². The molecule has 1 fully saturated rings. The normalized spacial score (nSPS) is 20.8. The summed E-state index contributed by atoms with van der Waals surface area (Å²) in [5.74, 6) is -0.0615. The number of amides is 1. The van der Waals surface area contributed by atoms with Crippen molar-refractivity contribution >= 4 is 6.09 Å². The molecule has 1 saturated heterocycles. The summed E-state index contributed by atoms with van der Waals surface area (Å²) in [5.41, 5.74) is 0.742. The largest absolute Gasteiger partial charge is 0.493 e. The van der Waals surface area contributed by atoms with Crippen molar-refractivity contribution in [1.29, 1.82) is 0 Å². The van der Waals surface area contributed by atoms with Crippen molar-refractivity contribution in [2.75, 3.05) is 26.7 Å². The summed E-state index contributed by atoms with van der Waals surface area (Å²) in [4.78, 5) is 24.6. The van der Waals surface area contributed by atoms with Crippen molar-refractivity contribution in [1.82, 2.24) is 19.8 Å². The molecule has 1 amide bonds. The number of hydrogen-bond donors (Lipinski definition) is 1. The van der Waals surface area contributed by atoms with Crippen LogP contribution in [0.15, 0.2) is 0 Å². The minimum atomic E-state index is -0.549. The summed E-state index contributed by atoms with van der Waals surface area (Å²) in [6, 6.07) is 0.502. The average Bonchev–Trinajstić information content (AvgIpc) is 2.96. The molecule has 1 N–H and O–H groups in total. The predicted molar refractivity (Wildman–Crippen MR) is 95.2 cm³/mol. The second kappa shape index (κ2) is 7.26. The number of likely N-dealkylation sites (N-methyl/N-ethyl adjacent to an activating group) is 1. The lowest BCUT2D eigenvalue weighted by atomic mass is 10.1. The third kappa shape index (κ3) is 4.35. The first-order chi connectivity index (χ1) is 12.2. The van der Waals surface area contributed by atoms with Crippen LogP contribution in [0.3, 0.4) is 0 Å². The Kier molecular flexibility index (Phi) is 5.22. The molecule has 0 unspecified atom stereocenters. The molecule has 2 aliphatic heterocycles. The standard InChI is InChI=1S/C18H28N4O4/c1-18(2,3)26-17(24)22-9-7-13-14(10-22)19-16(20-15(13)23)25-11-12-6-5-8-21(12)4/h12H,5-11H2,1-4H3,(H,19,20,23)/t12-/m0/s1. The van der Waals surface area contributed by atoms with Crippen LogP contribution in [0.2, 0.25) is 0 Å². The van der Waals surface area contributed by atoms with Crippen molar-refractivity contribution in [3.63, 3.8) is 0 Å². The van der Waals surface area contributed by atoms with E-state index in [0.717, 1.165) is 19.4 Å². The minimum absolute atomic E-state index is 0.0615. The number of carbonyl (C=O) groups is 1. The van der Waals surface area contributed by atoms with Gasteiger partial charge in [0.15, 0.2) is 0 Å². The van der Waals surface area contributed by atoms with Gasteiger partial charge in [-0.15, -0.1) is 0 Å². The maximum atomic E-state index is 12.3. The molecular weight excluding hydrogens is 336 g/mol. The fraction of sp³-hybridized carbons (Fsp3) is 0.722. The van der Waals surface area contributed by atoms with E-state index in [1.807, 2.05) is 20.8 Å². The summed E-state index contributed by atoms with van der Waals surface area (Å²) in [6.45, 7) is 7.81. The van der Waals surface area contributed by atoms with E-state index in [1.54, 1.807) is 4.90 Å².